The highest BCUT2D eigenvalue weighted by Gasteiger charge is 2.31. The van der Waals surface area contributed by atoms with Gasteiger partial charge >= 0.3 is 5.69 Å². The van der Waals surface area contributed by atoms with Crippen molar-refractivity contribution in [2.75, 3.05) is 16.9 Å². The summed E-state index contributed by atoms with van der Waals surface area (Å²) in [5.74, 6) is -0.456. The molecule has 0 bridgehead atoms. The second-order valence-electron chi connectivity index (χ2n) is 6.39. The number of nitro groups is 1. The third kappa shape index (κ3) is 4.26. The molecule has 1 saturated heterocycles. The minimum atomic E-state index is -0.581. The lowest BCUT2D eigenvalue weighted by Gasteiger charge is -2.33. The number of hydrogen-bond donors (Lipinski definition) is 2. The summed E-state index contributed by atoms with van der Waals surface area (Å²) in [6.45, 7) is 2.67. The van der Waals surface area contributed by atoms with Gasteiger partial charge in [-0.2, -0.15) is 0 Å². The molecule has 0 spiro atoms. The van der Waals surface area contributed by atoms with Gasteiger partial charge in [0.15, 0.2) is 0 Å². The van der Waals surface area contributed by atoms with Gasteiger partial charge in [0.2, 0.25) is 11.6 Å². The minimum Gasteiger partial charge on any atom is -0.348 e. The van der Waals surface area contributed by atoms with Crippen molar-refractivity contribution in [1.29, 1.82) is 0 Å². The van der Waals surface area contributed by atoms with Gasteiger partial charge in [0, 0.05) is 17.6 Å². The van der Waals surface area contributed by atoms with Crippen molar-refractivity contribution < 1.29 is 9.72 Å². The first-order valence-electron chi connectivity index (χ1n) is 8.66. The number of nitrogens with zero attached hydrogens (tertiary/aromatic N) is 4. The number of hydrazine groups is 1. The van der Waals surface area contributed by atoms with Crippen LogP contribution in [-0.2, 0) is 0 Å². The van der Waals surface area contributed by atoms with Gasteiger partial charge in [0.05, 0.1) is 15.5 Å². The molecule has 1 atom stereocenters. The summed E-state index contributed by atoms with van der Waals surface area (Å²) < 4.78 is 0. The fraction of sp³-hybridized carbons (Fsp3) is 0.353. The predicted octanol–water partition coefficient (Wildman–Crippen LogP) is 3.83. The number of benzene rings is 1. The SMILES string of the molecule is CC1CCCCN1c1ncnc(NNC(=O)c2ccc(Cl)cc2Cl)c1[N+](=O)[O-]. The maximum absolute atomic E-state index is 12.3. The van der Waals surface area contributed by atoms with Crippen LogP contribution in [0.15, 0.2) is 24.5 Å². The van der Waals surface area contributed by atoms with Gasteiger partial charge in [0.1, 0.15) is 6.33 Å². The number of nitrogens with one attached hydrogen (secondary N) is 2. The molecule has 2 aromatic rings. The number of amides is 1. The van der Waals surface area contributed by atoms with Gasteiger partial charge in [-0.05, 0) is 44.4 Å². The van der Waals surface area contributed by atoms with Crippen LogP contribution in [-0.4, -0.2) is 33.4 Å². The highest BCUT2D eigenvalue weighted by Crippen LogP contribution is 2.34. The third-order valence-corrected chi connectivity index (χ3v) is 5.08. The summed E-state index contributed by atoms with van der Waals surface area (Å²) >= 11 is 11.8. The van der Waals surface area contributed by atoms with E-state index in [1.165, 1.54) is 24.5 Å². The molecule has 1 unspecified atom stereocenters. The van der Waals surface area contributed by atoms with Crippen molar-refractivity contribution in [3.05, 3.63) is 50.2 Å². The first-order chi connectivity index (χ1) is 13.4. The zero-order valence-electron chi connectivity index (χ0n) is 15.0. The first kappa shape index (κ1) is 20.1. The van der Waals surface area contributed by atoms with E-state index in [0.717, 1.165) is 19.3 Å². The monoisotopic (exact) mass is 424 g/mol. The molecule has 1 fully saturated rings. The summed E-state index contributed by atoms with van der Waals surface area (Å²) in [7, 11) is 0. The number of hydrogen-bond acceptors (Lipinski definition) is 7. The Kier molecular flexibility index (Phi) is 6.15. The number of piperidine rings is 1. The lowest BCUT2D eigenvalue weighted by Crippen LogP contribution is -2.38. The summed E-state index contributed by atoms with van der Waals surface area (Å²) in [5, 5.41) is 12.3. The molecule has 11 heteroatoms. The van der Waals surface area contributed by atoms with Crippen LogP contribution in [0, 0.1) is 10.1 Å². The molecule has 9 nitrogen and oxygen atoms in total. The van der Waals surface area contributed by atoms with Gasteiger partial charge in [-0.3, -0.25) is 25.8 Å². The maximum atomic E-state index is 12.3. The van der Waals surface area contributed by atoms with Crippen LogP contribution >= 0.6 is 23.2 Å². The average molecular weight is 425 g/mol. The van der Waals surface area contributed by atoms with E-state index < -0.39 is 10.8 Å². The molecule has 2 heterocycles. The van der Waals surface area contributed by atoms with E-state index in [9.17, 15) is 14.9 Å². The normalized spacial score (nSPS) is 16.5. The molecule has 148 valence electrons. The Morgan fingerprint density at radius 2 is 2.11 bits per heavy atom. The standard InChI is InChI=1S/C17H18Cl2N6O3/c1-10-4-2-3-7-24(10)16-14(25(27)28)15(20-9-21-16)22-23-17(26)12-6-5-11(18)8-13(12)19/h5-6,8-10H,2-4,7H2,1H3,(H,23,26)(H,20,21,22). The predicted molar refractivity (Wildman–Crippen MR) is 107 cm³/mol. The van der Waals surface area contributed by atoms with E-state index in [2.05, 4.69) is 20.8 Å². The highest BCUT2D eigenvalue weighted by atomic mass is 35.5. The molecular weight excluding hydrogens is 407 g/mol. The molecule has 1 amide bonds. The van der Waals surface area contributed by atoms with Crippen molar-refractivity contribution in [1.82, 2.24) is 15.4 Å². The zero-order valence-corrected chi connectivity index (χ0v) is 16.5. The summed E-state index contributed by atoms with van der Waals surface area (Å²) in [6, 6.07) is 4.53. The van der Waals surface area contributed by atoms with Gasteiger partial charge in [0.25, 0.3) is 5.91 Å². The largest absolute Gasteiger partial charge is 0.355 e. The third-order valence-electron chi connectivity index (χ3n) is 4.53. The molecule has 1 aromatic heterocycles. The van der Waals surface area contributed by atoms with Crippen LogP contribution in [0.2, 0.25) is 10.0 Å². The fourth-order valence-corrected chi connectivity index (χ4v) is 3.60. The number of carbonyl (C=O) groups excluding carboxylic acids is 1. The van der Waals surface area contributed by atoms with E-state index >= 15 is 0 Å². The van der Waals surface area contributed by atoms with E-state index in [0.29, 0.717) is 11.6 Å². The van der Waals surface area contributed by atoms with E-state index in [4.69, 9.17) is 23.2 Å². The zero-order chi connectivity index (χ0) is 20.3. The van der Waals surface area contributed by atoms with Crippen LogP contribution in [0.4, 0.5) is 17.3 Å². The van der Waals surface area contributed by atoms with Crippen molar-refractivity contribution in [2.45, 2.75) is 32.2 Å². The molecule has 0 radical (unpaired) electrons. The summed E-state index contributed by atoms with van der Waals surface area (Å²) in [4.78, 5) is 33.4. The number of aromatic nitrogens is 2. The Morgan fingerprint density at radius 3 is 2.79 bits per heavy atom. The Balaban J connectivity index is 1.84. The van der Waals surface area contributed by atoms with Crippen molar-refractivity contribution >= 4 is 46.4 Å². The van der Waals surface area contributed by atoms with Gasteiger partial charge in [-0.1, -0.05) is 23.2 Å². The Bertz CT molecular complexity index is 910. The summed E-state index contributed by atoms with van der Waals surface area (Å²) in [6.07, 6.45) is 4.16. The van der Waals surface area contributed by atoms with Gasteiger partial charge in [-0.15, -0.1) is 0 Å². The first-order valence-corrected chi connectivity index (χ1v) is 9.41. The second-order valence-corrected chi connectivity index (χ2v) is 7.24. The van der Waals surface area contributed by atoms with Crippen LogP contribution in [0.5, 0.6) is 0 Å². The van der Waals surface area contributed by atoms with Crippen LogP contribution < -0.4 is 15.8 Å². The molecule has 1 aliphatic heterocycles. The molecule has 0 aliphatic carbocycles. The lowest BCUT2D eigenvalue weighted by atomic mass is 10.0. The van der Waals surface area contributed by atoms with Gasteiger partial charge < -0.3 is 4.90 Å². The second kappa shape index (κ2) is 8.57. The number of halogens is 2. The molecule has 1 aliphatic rings. The highest BCUT2D eigenvalue weighted by molar-refractivity contribution is 6.36. The average Bonchev–Trinajstić information content (AvgIpc) is 2.66. The molecular formula is C17H18Cl2N6O3. The van der Waals surface area contributed by atoms with E-state index in [1.807, 2.05) is 11.8 Å². The quantitative estimate of drug-likeness (QED) is 0.553. The topological polar surface area (TPSA) is 113 Å². The van der Waals surface area contributed by atoms with E-state index in [-0.39, 0.29) is 34.0 Å². The minimum absolute atomic E-state index is 0.105. The Morgan fingerprint density at radius 1 is 1.32 bits per heavy atom. The smallest absolute Gasteiger partial charge is 0.348 e. The maximum Gasteiger partial charge on any atom is 0.355 e. The number of anilines is 2. The van der Waals surface area contributed by atoms with Crippen molar-refractivity contribution in [3.63, 3.8) is 0 Å². The van der Waals surface area contributed by atoms with Crippen molar-refractivity contribution in [3.8, 4) is 0 Å². The fourth-order valence-electron chi connectivity index (χ4n) is 3.11. The van der Waals surface area contributed by atoms with E-state index in [1.54, 1.807) is 0 Å². The lowest BCUT2D eigenvalue weighted by molar-refractivity contribution is -0.383. The summed E-state index contributed by atoms with van der Waals surface area (Å²) in [5.41, 5.74) is 4.77. The number of rotatable bonds is 5. The Labute approximate surface area is 171 Å². The van der Waals surface area contributed by atoms with Crippen molar-refractivity contribution in [2.24, 2.45) is 0 Å². The molecule has 28 heavy (non-hydrogen) atoms. The molecule has 0 saturated carbocycles. The Hall–Kier alpha value is -2.65. The molecule has 2 N–H and O–H groups in total. The van der Waals surface area contributed by atoms with Crippen LogP contribution in [0.3, 0.4) is 0 Å². The van der Waals surface area contributed by atoms with Crippen LogP contribution in [0.1, 0.15) is 36.5 Å². The molecule has 1 aromatic carbocycles. The number of carbonyl (C=O) groups is 1. The molecule has 3 rings (SSSR count). The van der Waals surface area contributed by atoms with Gasteiger partial charge in [-0.25, -0.2) is 9.97 Å². The van der Waals surface area contributed by atoms with Crippen LogP contribution in [0.25, 0.3) is 0 Å².